The van der Waals surface area contributed by atoms with E-state index in [1.165, 1.54) is 24.3 Å². The van der Waals surface area contributed by atoms with Gasteiger partial charge in [0.2, 0.25) is 0 Å². The second-order valence-electron chi connectivity index (χ2n) is 5.12. The molecule has 23 heavy (non-hydrogen) atoms. The molecule has 1 atom stereocenters. The molecule has 1 N–H and O–H groups in total. The number of aromatic nitrogens is 1. The molecular weight excluding hydrogens is 299 g/mol. The lowest BCUT2D eigenvalue weighted by Gasteiger charge is -2.14. The molecule has 0 saturated carbocycles. The van der Waals surface area contributed by atoms with Gasteiger partial charge in [0.1, 0.15) is 17.1 Å². The Bertz CT molecular complexity index is 843. The van der Waals surface area contributed by atoms with Crippen LogP contribution in [-0.4, -0.2) is 17.0 Å². The molecule has 0 fully saturated rings. The Kier molecular flexibility index (Phi) is 3.97. The summed E-state index contributed by atoms with van der Waals surface area (Å²) in [5.41, 5.74) is 1.94. The first-order valence-corrected chi connectivity index (χ1v) is 7.11. The first-order valence-electron chi connectivity index (χ1n) is 7.11. The van der Waals surface area contributed by atoms with Crippen LogP contribution in [0.3, 0.4) is 0 Å². The second kappa shape index (κ2) is 6.08. The van der Waals surface area contributed by atoms with E-state index < -0.39 is 6.10 Å². The number of halogens is 1. The average molecular weight is 314 g/mol. The molecule has 0 spiro atoms. The van der Waals surface area contributed by atoms with Crippen LogP contribution in [0, 0.1) is 12.7 Å². The molecule has 0 bridgehead atoms. The molecule has 2 aromatic carbocycles. The molecular formula is C17H15FN2O3. The van der Waals surface area contributed by atoms with Crippen molar-refractivity contribution in [3.05, 3.63) is 54.2 Å². The average Bonchev–Trinajstić information content (AvgIpc) is 2.88. The van der Waals surface area contributed by atoms with Crippen molar-refractivity contribution in [1.82, 2.24) is 4.98 Å². The van der Waals surface area contributed by atoms with E-state index in [1.807, 2.05) is 0 Å². The van der Waals surface area contributed by atoms with Crippen LogP contribution < -0.4 is 10.1 Å². The summed E-state index contributed by atoms with van der Waals surface area (Å²) in [6.45, 7) is 3.38. The molecule has 118 valence electrons. The molecule has 1 heterocycles. The van der Waals surface area contributed by atoms with Gasteiger partial charge < -0.3 is 14.5 Å². The second-order valence-corrected chi connectivity index (χ2v) is 5.12. The Morgan fingerprint density at radius 1 is 1.26 bits per heavy atom. The van der Waals surface area contributed by atoms with Crippen molar-refractivity contribution in [1.29, 1.82) is 0 Å². The summed E-state index contributed by atoms with van der Waals surface area (Å²) >= 11 is 0. The summed E-state index contributed by atoms with van der Waals surface area (Å²) in [5, 5.41) is 2.76. The fourth-order valence-electron chi connectivity index (χ4n) is 2.14. The van der Waals surface area contributed by atoms with Crippen molar-refractivity contribution in [2.45, 2.75) is 20.0 Å². The van der Waals surface area contributed by atoms with Crippen LogP contribution in [0.25, 0.3) is 11.1 Å². The minimum Gasteiger partial charge on any atom is -0.481 e. The van der Waals surface area contributed by atoms with Crippen LogP contribution in [0.2, 0.25) is 0 Å². The normalized spacial score (nSPS) is 12.1. The minimum absolute atomic E-state index is 0.311. The maximum absolute atomic E-state index is 12.9. The third kappa shape index (κ3) is 3.48. The van der Waals surface area contributed by atoms with Gasteiger partial charge in [-0.15, -0.1) is 0 Å². The first kappa shape index (κ1) is 15.0. The molecule has 1 amide bonds. The molecule has 1 aromatic heterocycles. The Morgan fingerprint density at radius 3 is 2.74 bits per heavy atom. The molecule has 0 radical (unpaired) electrons. The van der Waals surface area contributed by atoms with Crippen LogP contribution in [0.4, 0.5) is 10.1 Å². The van der Waals surface area contributed by atoms with Crippen molar-refractivity contribution in [3.63, 3.8) is 0 Å². The molecule has 5 nitrogen and oxygen atoms in total. The van der Waals surface area contributed by atoms with E-state index in [-0.39, 0.29) is 11.7 Å². The molecule has 0 aliphatic heterocycles. The van der Waals surface area contributed by atoms with Gasteiger partial charge in [-0.25, -0.2) is 9.37 Å². The van der Waals surface area contributed by atoms with Crippen molar-refractivity contribution in [2.24, 2.45) is 0 Å². The number of ether oxygens (including phenoxy) is 1. The largest absolute Gasteiger partial charge is 0.481 e. The Labute approximate surface area is 132 Å². The van der Waals surface area contributed by atoms with Gasteiger partial charge in [0, 0.05) is 12.6 Å². The van der Waals surface area contributed by atoms with Gasteiger partial charge in [-0.3, -0.25) is 4.79 Å². The highest BCUT2D eigenvalue weighted by atomic mass is 19.1. The van der Waals surface area contributed by atoms with Crippen molar-refractivity contribution in [2.75, 3.05) is 5.32 Å². The van der Waals surface area contributed by atoms with Crippen LogP contribution in [0.1, 0.15) is 12.8 Å². The van der Waals surface area contributed by atoms with Gasteiger partial charge in [0.15, 0.2) is 17.6 Å². The molecule has 3 aromatic rings. The standard InChI is InChI=1S/C17H15FN2O3/c1-10(22-14-6-3-12(18)4-7-14)17(21)20-13-5-8-16-15(9-13)19-11(2)23-16/h3-10H,1-2H3,(H,20,21). The third-order valence-electron chi connectivity index (χ3n) is 3.26. The fourth-order valence-corrected chi connectivity index (χ4v) is 2.14. The van der Waals surface area contributed by atoms with Crippen LogP contribution >= 0.6 is 0 Å². The van der Waals surface area contributed by atoms with E-state index in [0.29, 0.717) is 28.4 Å². The van der Waals surface area contributed by atoms with Gasteiger partial charge in [-0.05, 0) is 49.4 Å². The maximum atomic E-state index is 12.9. The number of hydrogen-bond donors (Lipinski definition) is 1. The Balaban J connectivity index is 1.67. The summed E-state index contributed by atoms with van der Waals surface area (Å²) in [5.74, 6) is 0.327. The molecule has 0 aliphatic carbocycles. The number of carbonyl (C=O) groups is 1. The van der Waals surface area contributed by atoms with E-state index in [2.05, 4.69) is 10.3 Å². The molecule has 6 heteroatoms. The number of fused-ring (bicyclic) bond motifs is 1. The number of oxazole rings is 1. The van der Waals surface area contributed by atoms with Gasteiger partial charge in [0.05, 0.1) is 0 Å². The Hall–Kier alpha value is -2.89. The summed E-state index contributed by atoms with van der Waals surface area (Å²) < 4.78 is 23.7. The first-order chi connectivity index (χ1) is 11.0. The van der Waals surface area contributed by atoms with Crippen molar-refractivity contribution < 1.29 is 18.3 Å². The summed E-state index contributed by atoms with van der Waals surface area (Å²) in [7, 11) is 0. The lowest BCUT2D eigenvalue weighted by Crippen LogP contribution is -2.30. The Morgan fingerprint density at radius 2 is 2.00 bits per heavy atom. The number of amides is 1. The number of hydrogen-bond acceptors (Lipinski definition) is 4. The van der Waals surface area contributed by atoms with Gasteiger partial charge in [0.25, 0.3) is 5.91 Å². The van der Waals surface area contributed by atoms with Crippen molar-refractivity contribution >= 4 is 22.7 Å². The minimum atomic E-state index is -0.727. The summed E-state index contributed by atoms with van der Waals surface area (Å²) in [6.07, 6.45) is -0.727. The highest BCUT2D eigenvalue weighted by Gasteiger charge is 2.15. The zero-order chi connectivity index (χ0) is 16.4. The van der Waals surface area contributed by atoms with Crippen molar-refractivity contribution in [3.8, 4) is 5.75 Å². The lowest BCUT2D eigenvalue weighted by molar-refractivity contribution is -0.122. The fraction of sp³-hybridized carbons (Fsp3) is 0.176. The molecule has 0 saturated heterocycles. The summed E-state index contributed by atoms with van der Waals surface area (Å²) in [6, 6.07) is 10.7. The number of nitrogens with one attached hydrogen (secondary N) is 1. The number of carbonyl (C=O) groups excluding carboxylic acids is 1. The third-order valence-corrected chi connectivity index (χ3v) is 3.26. The number of rotatable bonds is 4. The van der Waals surface area contributed by atoms with E-state index in [9.17, 15) is 9.18 Å². The van der Waals surface area contributed by atoms with Gasteiger partial charge >= 0.3 is 0 Å². The van der Waals surface area contributed by atoms with E-state index in [1.54, 1.807) is 32.0 Å². The number of anilines is 1. The topological polar surface area (TPSA) is 64.4 Å². The predicted molar refractivity (Wildman–Crippen MR) is 83.9 cm³/mol. The highest BCUT2D eigenvalue weighted by molar-refractivity contribution is 5.95. The lowest BCUT2D eigenvalue weighted by atomic mass is 10.2. The van der Waals surface area contributed by atoms with Gasteiger partial charge in [-0.2, -0.15) is 0 Å². The number of aryl methyl sites for hydroxylation is 1. The highest BCUT2D eigenvalue weighted by Crippen LogP contribution is 2.20. The summed E-state index contributed by atoms with van der Waals surface area (Å²) in [4.78, 5) is 16.4. The van der Waals surface area contributed by atoms with E-state index in [4.69, 9.17) is 9.15 Å². The maximum Gasteiger partial charge on any atom is 0.265 e. The molecule has 0 aliphatic rings. The SMILES string of the molecule is Cc1nc2cc(NC(=O)C(C)Oc3ccc(F)cc3)ccc2o1. The smallest absolute Gasteiger partial charge is 0.265 e. The number of nitrogens with zero attached hydrogens (tertiary/aromatic N) is 1. The quantitative estimate of drug-likeness (QED) is 0.798. The molecule has 1 unspecified atom stereocenters. The monoisotopic (exact) mass is 314 g/mol. The zero-order valence-electron chi connectivity index (χ0n) is 12.7. The molecule has 3 rings (SSSR count). The van der Waals surface area contributed by atoms with Crippen LogP contribution in [0.5, 0.6) is 5.75 Å². The van der Waals surface area contributed by atoms with Crippen LogP contribution in [-0.2, 0) is 4.79 Å². The van der Waals surface area contributed by atoms with Gasteiger partial charge in [-0.1, -0.05) is 0 Å². The predicted octanol–water partition coefficient (Wildman–Crippen LogP) is 3.68. The van der Waals surface area contributed by atoms with E-state index in [0.717, 1.165) is 0 Å². The zero-order valence-corrected chi connectivity index (χ0v) is 12.7. The van der Waals surface area contributed by atoms with Crippen LogP contribution in [0.15, 0.2) is 46.9 Å². The number of benzene rings is 2. The van der Waals surface area contributed by atoms with E-state index >= 15 is 0 Å².